The van der Waals surface area contributed by atoms with Gasteiger partial charge >= 0.3 is 6.18 Å². The SMILES string of the molecule is CC(N)c1ccc(NC(=O)C2CCCC(C(F)(F)F)C2)cc1.Cl. The van der Waals surface area contributed by atoms with Gasteiger partial charge in [0, 0.05) is 17.6 Å². The molecule has 23 heavy (non-hydrogen) atoms. The maximum absolute atomic E-state index is 12.8. The van der Waals surface area contributed by atoms with E-state index in [0.717, 1.165) is 5.56 Å². The number of benzene rings is 1. The van der Waals surface area contributed by atoms with Crippen molar-refractivity contribution in [3.63, 3.8) is 0 Å². The number of nitrogens with two attached hydrogens (primary N) is 1. The van der Waals surface area contributed by atoms with Crippen LogP contribution in [-0.2, 0) is 4.79 Å². The summed E-state index contributed by atoms with van der Waals surface area (Å²) >= 11 is 0. The fourth-order valence-corrected chi connectivity index (χ4v) is 2.84. The van der Waals surface area contributed by atoms with E-state index in [9.17, 15) is 18.0 Å². The van der Waals surface area contributed by atoms with Crippen molar-refractivity contribution >= 4 is 24.0 Å². The predicted molar refractivity (Wildman–Crippen MR) is 86.4 cm³/mol. The molecule has 1 aliphatic carbocycles. The number of alkyl halides is 3. The molecule has 3 nitrogen and oxygen atoms in total. The van der Waals surface area contributed by atoms with Crippen LogP contribution in [0.3, 0.4) is 0 Å². The van der Waals surface area contributed by atoms with Crippen LogP contribution in [0.1, 0.15) is 44.2 Å². The Morgan fingerprint density at radius 1 is 1.26 bits per heavy atom. The summed E-state index contributed by atoms with van der Waals surface area (Å²) in [6.45, 7) is 1.85. The molecule has 3 N–H and O–H groups in total. The van der Waals surface area contributed by atoms with Gasteiger partial charge in [-0.25, -0.2) is 0 Å². The average molecular weight is 351 g/mol. The molecular weight excluding hydrogens is 329 g/mol. The lowest BCUT2D eigenvalue weighted by molar-refractivity contribution is -0.185. The second-order valence-corrected chi connectivity index (χ2v) is 6.00. The third-order valence-electron chi connectivity index (χ3n) is 4.21. The zero-order valence-corrected chi connectivity index (χ0v) is 13.7. The van der Waals surface area contributed by atoms with Crippen LogP contribution in [-0.4, -0.2) is 12.1 Å². The van der Waals surface area contributed by atoms with E-state index >= 15 is 0 Å². The van der Waals surface area contributed by atoms with Crippen LogP contribution in [0.2, 0.25) is 0 Å². The number of halogens is 4. The van der Waals surface area contributed by atoms with Gasteiger partial charge in [0.05, 0.1) is 5.92 Å². The minimum absolute atomic E-state index is 0. The average Bonchev–Trinajstić information content (AvgIpc) is 2.47. The van der Waals surface area contributed by atoms with Crippen molar-refractivity contribution < 1.29 is 18.0 Å². The number of rotatable bonds is 3. The summed E-state index contributed by atoms with van der Waals surface area (Å²) in [5.41, 5.74) is 7.27. The van der Waals surface area contributed by atoms with E-state index in [1.54, 1.807) is 24.3 Å². The van der Waals surface area contributed by atoms with Crippen LogP contribution in [0.15, 0.2) is 24.3 Å². The molecule has 1 amide bonds. The lowest BCUT2D eigenvalue weighted by atomic mass is 9.80. The minimum Gasteiger partial charge on any atom is -0.326 e. The fourth-order valence-electron chi connectivity index (χ4n) is 2.84. The molecule has 0 heterocycles. The van der Waals surface area contributed by atoms with Crippen molar-refractivity contribution in [2.24, 2.45) is 17.6 Å². The Hall–Kier alpha value is -1.27. The standard InChI is InChI=1S/C16H21F3N2O.ClH/c1-10(20)11-5-7-14(8-6-11)21-15(22)12-3-2-4-13(9-12)16(17,18)19;/h5-8,10,12-13H,2-4,9,20H2,1H3,(H,21,22);1H. The number of hydrogen-bond acceptors (Lipinski definition) is 2. The molecule has 1 aromatic rings. The highest BCUT2D eigenvalue weighted by molar-refractivity contribution is 5.92. The van der Waals surface area contributed by atoms with Gasteiger partial charge in [0.2, 0.25) is 5.91 Å². The Morgan fingerprint density at radius 2 is 1.87 bits per heavy atom. The van der Waals surface area contributed by atoms with Crippen LogP contribution < -0.4 is 11.1 Å². The second kappa shape index (κ2) is 8.02. The Labute approximate surface area is 140 Å². The summed E-state index contributed by atoms with van der Waals surface area (Å²) in [5, 5.41) is 2.70. The van der Waals surface area contributed by atoms with E-state index in [4.69, 9.17) is 5.73 Å². The topological polar surface area (TPSA) is 55.1 Å². The molecule has 3 unspecified atom stereocenters. The van der Waals surface area contributed by atoms with Crippen LogP contribution >= 0.6 is 12.4 Å². The molecule has 7 heteroatoms. The van der Waals surface area contributed by atoms with Crippen LogP contribution in [0.5, 0.6) is 0 Å². The molecule has 0 spiro atoms. The van der Waals surface area contributed by atoms with E-state index in [1.165, 1.54) is 0 Å². The van der Waals surface area contributed by atoms with Gasteiger partial charge < -0.3 is 11.1 Å². The first-order valence-corrected chi connectivity index (χ1v) is 7.50. The van der Waals surface area contributed by atoms with Crippen molar-refractivity contribution in [3.05, 3.63) is 29.8 Å². The normalized spacial score (nSPS) is 22.8. The number of carbonyl (C=O) groups is 1. The van der Waals surface area contributed by atoms with Crippen molar-refractivity contribution in [1.29, 1.82) is 0 Å². The molecule has 1 saturated carbocycles. The second-order valence-electron chi connectivity index (χ2n) is 6.00. The molecule has 1 aromatic carbocycles. The van der Waals surface area contributed by atoms with Crippen LogP contribution in [0.4, 0.5) is 18.9 Å². The number of amides is 1. The first-order valence-electron chi connectivity index (χ1n) is 7.50. The largest absolute Gasteiger partial charge is 0.391 e. The predicted octanol–water partition coefficient (Wildman–Crippen LogP) is 4.44. The summed E-state index contributed by atoms with van der Waals surface area (Å²) in [4.78, 5) is 12.2. The highest BCUT2D eigenvalue weighted by Gasteiger charge is 2.43. The Kier molecular flexibility index (Phi) is 6.89. The van der Waals surface area contributed by atoms with Crippen molar-refractivity contribution in [3.8, 4) is 0 Å². The Bertz CT molecular complexity index is 517. The maximum atomic E-state index is 12.8. The summed E-state index contributed by atoms with van der Waals surface area (Å²) in [6.07, 6.45) is -3.26. The molecule has 0 bridgehead atoms. The number of carbonyl (C=O) groups excluding carboxylic acids is 1. The Morgan fingerprint density at radius 3 is 2.39 bits per heavy atom. The fraction of sp³-hybridized carbons (Fsp3) is 0.562. The molecule has 1 fully saturated rings. The molecule has 130 valence electrons. The molecule has 3 atom stereocenters. The van der Waals surface area contributed by atoms with E-state index < -0.39 is 18.0 Å². The molecule has 1 aliphatic rings. The van der Waals surface area contributed by atoms with Gasteiger partial charge in [-0.2, -0.15) is 13.2 Å². The zero-order valence-electron chi connectivity index (χ0n) is 12.9. The van der Waals surface area contributed by atoms with Crippen LogP contribution in [0, 0.1) is 11.8 Å². The van der Waals surface area contributed by atoms with Crippen molar-refractivity contribution in [2.45, 2.75) is 44.8 Å². The van der Waals surface area contributed by atoms with Crippen LogP contribution in [0.25, 0.3) is 0 Å². The number of hydrogen-bond donors (Lipinski definition) is 2. The van der Waals surface area contributed by atoms with E-state index in [2.05, 4.69) is 5.32 Å². The molecule has 0 saturated heterocycles. The third kappa shape index (κ3) is 5.39. The van der Waals surface area contributed by atoms with Gasteiger partial charge in [-0.1, -0.05) is 18.6 Å². The van der Waals surface area contributed by atoms with Gasteiger partial charge in [0.25, 0.3) is 0 Å². The third-order valence-corrected chi connectivity index (χ3v) is 4.21. The quantitative estimate of drug-likeness (QED) is 0.847. The lowest BCUT2D eigenvalue weighted by Crippen LogP contribution is -2.34. The van der Waals surface area contributed by atoms with E-state index in [-0.39, 0.29) is 37.2 Å². The first kappa shape index (κ1) is 19.8. The highest BCUT2D eigenvalue weighted by atomic mass is 35.5. The lowest BCUT2D eigenvalue weighted by Gasteiger charge is -2.29. The van der Waals surface area contributed by atoms with Gasteiger partial charge in [-0.3, -0.25) is 4.79 Å². The molecule has 2 rings (SSSR count). The van der Waals surface area contributed by atoms with Gasteiger partial charge in [-0.05, 0) is 43.9 Å². The zero-order chi connectivity index (χ0) is 16.3. The number of nitrogens with one attached hydrogen (secondary N) is 1. The van der Waals surface area contributed by atoms with E-state index in [1.807, 2.05) is 6.92 Å². The number of anilines is 1. The summed E-state index contributed by atoms with van der Waals surface area (Å²) in [7, 11) is 0. The summed E-state index contributed by atoms with van der Waals surface area (Å²) in [5.74, 6) is -2.27. The van der Waals surface area contributed by atoms with Gasteiger partial charge in [-0.15, -0.1) is 12.4 Å². The molecule has 0 aliphatic heterocycles. The minimum atomic E-state index is -4.21. The van der Waals surface area contributed by atoms with Gasteiger partial charge in [0.15, 0.2) is 0 Å². The van der Waals surface area contributed by atoms with Crippen molar-refractivity contribution in [2.75, 3.05) is 5.32 Å². The van der Waals surface area contributed by atoms with E-state index in [0.29, 0.717) is 18.5 Å². The smallest absolute Gasteiger partial charge is 0.326 e. The molecular formula is C16H22ClF3N2O. The monoisotopic (exact) mass is 350 g/mol. The highest BCUT2D eigenvalue weighted by Crippen LogP contribution is 2.40. The van der Waals surface area contributed by atoms with Crippen molar-refractivity contribution in [1.82, 2.24) is 0 Å². The summed E-state index contributed by atoms with van der Waals surface area (Å²) in [6, 6.07) is 6.95. The summed E-state index contributed by atoms with van der Waals surface area (Å²) < 4.78 is 38.3. The molecule has 0 radical (unpaired) electrons. The molecule has 0 aromatic heterocycles. The maximum Gasteiger partial charge on any atom is 0.391 e. The first-order chi connectivity index (χ1) is 10.3. The van der Waals surface area contributed by atoms with Gasteiger partial charge in [0.1, 0.15) is 0 Å². The Balaban J connectivity index is 0.00000264.